The number of carbonyl (C=O) groups excluding carboxylic acids is 2. The summed E-state index contributed by atoms with van der Waals surface area (Å²) >= 11 is 0. The molecule has 0 radical (unpaired) electrons. The summed E-state index contributed by atoms with van der Waals surface area (Å²) in [5.74, 6) is -0.278. The monoisotopic (exact) mass is 340 g/mol. The molecule has 6 heteroatoms. The highest BCUT2D eigenvalue weighted by atomic mass is 35.5. The molecular formula is C17H25ClN2O3. The zero-order valence-corrected chi connectivity index (χ0v) is 14.3. The van der Waals surface area contributed by atoms with E-state index in [0.29, 0.717) is 6.54 Å². The molecule has 0 aromatic heterocycles. The maximum absolute atomic E-state index is 12.7. The summed E-state index contributed by atoms with van der Waals surface area (Å²) < 4.78 is 4.73. The lowest BCUT2D eigenvalue weighted by atomic mass is 9.96. The van der Waals surface area contributed by atoms with Gasteiger partial charge >= 0.3 is 5.97 Å². The molecule has 0 bridgehead atoms. The second-order valence-electron chi connectivity index (χ2n) is 5.60. The number of hydrogen-bond donors (Lipinski definition) is 1. The normalized spacial score (nSPS) is 14.7. The standard InChI is InChI=1S/C17H24N2O3.ClH/c1-22-16(20)13-19(12-9-14-5-3-2-4-6-14)17(21)15-7-10-18-11-8-15;/h2-6,15,18H,7-13H2,1H3;1H. The minimum atomic E-state index is -0.365. The molecule has 1 fully saturated rings. The van der Waals surface area contributed by atoms with Gasteiger partial charge in [-0.25, -0.2) is 0 Å². The van der Waals surface area contributed by atoms with Gasteiger partial charge in [0, 0.05) is 12.5 Å². The van der Waals surface area contributed by atoms with E-state index in [2.05, 4.69) is 5.32 Å². The quantitative estimate of drug-likeness (QED) is 0.800. The van der Waals surface area contributed by atoms with Gasteiger partial charge in [0.2, 0.25) is 5.91 Å². The van der Waals surface area contributed by atoms with E-state index >= 15 is 0 Å². The number of ether oxygens (including phenoxy) is 1. The number of amides is 1. The minimum absolute atomic E-state index is 0. The van der Waals surface area contributed by atoms with Crippen molar-refractivity contribution in [2.75, 3.05) is 33.3 Å². The van der Waals surface area contributed by atoms with Crippen LogP contribution in [0.2, 0.25) is 0 Å². The van der Waals surface area contributed by atoms with E-state index in [-0.39, 0.29) is 36.7 Å². The Kier molecular flexibility index (Phi) is 8.66. The molecule has 0 unspecified atom stereocenters. The van der Waals surface area contributed by atoms with Crippen LogP contribution in [0.3, 0.4) is 0 Å². The van der Waals surface area contributed by atoms with Gasteiger partial charge in [-0.05, 0) is 37.9 Å². The summed E-state index contributed by atoms with van der Waals surface area (Å²) in [4.78, 5) is 25.9. The number of benzene rings is 1. The van der Waals surface area contributed by atoms with Crippen LogP contribution in [0, 0.1) is 5.92 Å². The van der Waals surface area contributed by atoms with Gasteiger partial charge in [-0.1, -0.05) is 30.3 Å². The number of carbonyl (C=O) groups is 2. The summed E-state index contributed by atoms with van der Waals surface area (Å²) in [7, 11) is 1.35. The van der Waals surface area contributed by atoms with Crippen LogP contribution in [0.15, 0.2) is 30.3 Å². The summed E-state index contributed by atoms with van der Waals surface area (Å²) in [6.07, 6.45) is 2.41. The highest BCUT2D eigenvalue weighted by Crippen LogP contribution is 2.16. The topological polar surface area (TPSA) is 58.6 Å². The van der Waals surface area contributed by atoms with Crippen molar-refractivity contribution in [2.24, 2.45) is 5.92 Å². The van der Waals surface area contributed by atoms with Crippen LogP contribution in [0.25, 0.3) is 0 Å². The molecule has 1 amide bonds. The first-order valence-corrected chi connectivity index (χ1v) is 7.81. The smallest absolute Gasteiger partial charge is 0.325 e. The molecule has 128 valence electrons. The Morgan fingerprint density at radius 1 is 1.22 bits per heavy atom. The van der Waals surface area contributed by atoms with Gasteiger partial charge in [-0.15, -0.1) is 12.4 Å². The maximum Gasteiger partial charge on any atom is 0.325 e. The molecule has 1 N–H and O–H groups in total. The van der Waals surface area contributed by atoms with Crippen LogP contribution in [0.1, 0.15) is 18.4 Å². The van der Waals surface area contributed by atoms with Gasteiger partial charge in [0.1, 0.15) is 6.54 Å². The summed E-state index contributed by atoms with van der Waals surface area (Å²) in [5.41, 5.74) is 1.16. The molecule has 0 saturated carbocycles. The largest absolute Gasteiger partial charge is 0.468 e. The zero-order chi connectivity index (χ0) is 15.8. The molecular weight excluding hydrogens is 316 g/mol. The van der Waals surface area contributed by atoms with Crippen LogP contribution in [0.5, 0.6) is 0 Å². The minimum Gasteiger partial charge on any atom is -0.468 e. The average Bonchev–Trinajstić information content (AvgIpc) is 2.59. The Hall–Kier alpha value is -1.59. The van der Waals surface area contributed by atoms with Crippen molar-refractivity contribution < 1.29 is 14.3 Å². The SMILES string of the molecule is COC(=O)CN(CCc1ccccc1)C(=O)C1CCNCC1.Cl. The van der Waals surface area contributed by atoms with Crippen LogP contribution in [-0.2, 0) is 20.7 Å². The predicted molar refractivity (Wildman–Crippen MR) is 91.6 cm³/mol. The fraction of sp³-hybridized carbons (Fsp3) is 0.529. The lowest BCUT2D eigenvalue weighted by Crippen LogP contribution is -2.44. The second kappa shape index (κ2) is 10.2. The van der Waals surface area contributed by atoms with E-state index in [9.17, 15) is 9.59 Å². The molecule has 2 rings (SSSR count). The zero-order valence-electron chi connectivity index (χ0n) is 13.5. The molecule has 5 nitrogen and oxygen atoms in total. The second-order valence-corrected chi connectivity index (χ2v) is 5.60. The van der Waals surface area contributed by atoms with Crippen LogP contribution in [-0.4, -0.2) is 50.1 Å². The van der Waals surface area contributed by atoms with E-state index in [4.69, 9.17) is 4.74 Å². The lowest BCUT2D eigenvalue weighted by molar-refractivity contribution is -0.148. The summed E-state index contributed by atoms with van der Waals surface area (Å²) in [5, 5.41) is 3.26. The summed E-state index contributed by atoms with van der Waals surface area (Å²) in [6.45, 7) is 2.30. The van der Waals surface area contributed by atoms with Gasteiger partial charge in [-0.3, -0.25) is 9.59 Å². The predicted octanol–water partition coefficient (Wildman–Crippen LogP) is 1.65. The van der Waals surface area contributed by atoms with Crippen LogP contribution in [0.4, 0.5) is 0 Å². The molecule has 23 heavy (non-hydrogen) atoms. The van der Waals surface area contributed by atoms with Gasteiger partial charge < -0.3 is 15.0 Å². The van der Waals surface area contributed by atoms with E-state index < -0.39 is 0 Å². The number of hydrogen-bond acceptors (Lipinski definition) is 4. The molecule has 1 aromatic carbocycles. The highest BCUT2D eigenvalue weighted by molar-refractivity contribution is 5.85. The number of rotatable bonds is 6. The van der Waals surface area contributed by atoms with Crippen molar-refractivity contribution in [1.29, 1.82) is 0 Å². The average molecular weight is 341 g/mol. The fourth-order valence-electron chi connectivity index (χ4n) is 2.72. The maximum atomic E-state index is 12.7. The Morgan fingerprint density at radius 2 is 1.87 bits per heavy atom. The first-order chi connectivity index (χ1) is 10.7. The third-order valence-corrected chi connectivity index (χ3v) is 4.06. The number of halogens is 1. The van der Waals surface area contributed by atoms with Crippen molar-refractivity contribution in [1.82, 2.24) is 10.2 Å². The van der Waals surface area contributed by atoms with E-state index in [1.165, 1.54) is 7.11 Å². The number of esters is 1. The first kappa shape index (κ1) is 19.5. The van der Waals surface area contributed by atoms with Crippen molar-refractivity contribution >= 4 is 24.3 Å². The van der Waals surface area contributed by atoms with Crippen molar-refractivity contribution in [3.05, 3.63) is 35.9 Å². The van der Waals surface area contributed by atoms with Gasteiger partial charge in [0.15, 0.2) is 0 Å². The molecule has 1 aromatic rings. The van der Waals surface area contributed by atoms with Gasteiger partial charge in [0.25, 0.3) is 0 Å². The van der Waals surface area contributed by atoms with Crippen molar-refractivity contribution in [2.45, 2.75) is 19.3 Å². The van der Waals surface area contributed by atoms with Crippen LogP contribution >= 0.6 is 12.4 Å². The van der Waals surface area contributed by atoms with Crippen molar-refractivity contribution in [3.8, 4) is 0 Å². The lowest BCUT2D eigenvalue weighted by Gasteiger charge is -2.29. The molecule has 1 aliphatic heterocycles. The van der Waals surface area contributed by atoms with Gasteiger partial charge in [-0.2, -0.15) is 0 Å². The van der Waals surface area contributed by atoms with E-state index in [1.54, 1.807) is 4.90 Å². The van der Waals surface area contributed by atoms with E-state index in [1.807, 2.05) is 30.3 Å². The summed E-state index contributed by atoms with van der Waals surface area (Å²) in [6, 6.07) is 10.00. The van der Waals surface area contributed by atoms with Crippen LogP contribution < -0.4 is 5.32 Å². The molecule has 1 aliphatic rings. The third-order valence-electron chi connectivity index (χ3n) is 4.06. The molecule has 0 aliphatic carbocycles. The Labute approximate surface area is 143 Å². The Bertz CT molecular complexity index is 490. The van der Waals surface area contributed by atoms with Crippen molar-refractivity contribution in [3.63, 3.8) is 0 Å². The highest BCUT2D eigenvalue weighted by Gasteiger charge is 2.27. The number of nitrogens with one attached hydrogen (secondary N) is 1. The van der Waals surface area contributed by atoms with Gasteiger partial charge in [0.05, 0.1) is 7.11 Å². The number of piperidine rings is 1. The Balaban J connectivity index is 0.00000264. The van der Waals surface area contributed by atoms with E-state index in [0.717, 1.165) is 37.9 Å². The number of methoxy groups -OCH3 is 1. The fourth-order valence-corrected chi connectivity index (χ4v) is 2.72. The first-order valence-electron chi connectivity index (χ1n) is 7.81. The third kappa shape index (κ3) is 6.20. The Morgan fingerprint density at radius 3 is 2.48 bits per heavy atom. The molecule has 1 heterocycles. The molecule has 1 saturated heterocycles. The molecule has 0 spiro atoms. The number of nitrogens with zero attached hydrogens (tertiary/aromatic N) is 1. The molecule has 0 atom stereocenters.